The zero-order chi connectivity index (χ0) is 19.7. The quantitative estimate of drug-likeness (QED) is 0.634. The van der Waals surface area contributed by atoms with Crippen LogP contribution in [0.15, 0.2) is 72.9 Å². The number of aromatic nitrogens is 1. The summed E-state index contributed by atoms with van der Waals surface area (Å²) in [4.78, 5) is 31.8. The van der Waals surface area contributed by atoms with Gasteiger partial charge in [-0.05, 0) is 60.7 Å². The summed E-state index contributed by atoms with van der Waals surface area (Å²) in [5.41, 5.74) is 0.417. The molecule has 1 saturated heterocycles. The number of rotatable bonds is 4. The van der Waals surface area contributed by atoms with E-state index in [1.807, 2.05) is 0 Å². The van der Waals surface area contributed by atoms with Crippen LogP contribution in [0, 0.1) is 0 Å². The van der Waals surface area contributed by atoms with Gasteiger partial charge in [0.25, 0.3) is 5.91 Å². The smallest absolute Gasteiger partial charge is 0.257 e. The third-order valence-corrected chi connectivity index (χ3v) is 5.19. The second kappa shape index (κ2) is 7.26. The Labute approximate surface area is 171 Å². The van der Waals surface area contributed by atoms with E-state index in [1.54, 1.807) is 72.9 Å². The minimum absolute atomic E-state index is 0.0199. The van der Waals surface area contributed by atoms with Crippen LogP contribution in [0.5, 0.6) is 0 Å². The third-order valence-electron chi connectivity index (χ3n) is 4.69. The normalized spacial score (nSPS) is 18.5. The molecule has 1 aromatic heterocycles. The lowest BCUT2D eigenvalue weighted by atomic mass is 9.78. The second-order valence-electron chi connectivity index (χ2n) is 6.42. The molecule has 1 atom stereocenters. The molecule has 2 amide bonds. The Morgan fingerprint density at radius 2 is 1.61 bits per heavy atom. The van der Waals surface area contributed by atoms with Gasteiger partial charge in [0.15, 0.2) is 5.54 Å². The first kappa shape index (κ1) is 18.5. The average molecular weight is 412 g/mol. The highest BCUT2D eigenvalue weighted by Gasteiger charge is 2.59. The molecule has 4 rings (SSSR count). The number of anilines is 2. The molecule has 0 radical (unpaired) electrons. The molecular weight excluding hydrogens is 397 g/mol. The summed E-state index contributed by atoms with van der Waals surface area (Å²) in [6, 6.07) is 18.9. The Hall–Kier alpha value is -2.89. The Bertz CT molecular complexity index is 1020. The van der Waals surface area contributed by atoms with Crippen molar-refractivity contribution in [1.82, 2.24) is 4.98 Å². The molecule has 1 N–H and O–H groups in total. The molecule has 2 aromatic carbocycles. The number of hydrogen-bond acceptors (Lipinski definition) is 3. The van der Waals surface area contributed by atoms with Gasteiger partial charge in [-0.3, -0.25) is 19.5 Å². The van der Waals surface area contributed by atoms with Crippen LogP contribution in [0.3, 0.4) is 0 Å². The summed E-state index contributed by atoms with van der Waals surface area (Å²) in [5.74, 6) is -0.512. The molecule has 3 aromatic rings. The van der Waals surface area contributed by atoms with Crippen molar-refractivity contribution in [3.8, 4) is 0 Å². The van der Waals surface area contributed by atoms with Gasteiger partial charge in [0, 0.05) is 27.6 Å². The summed E-state index contributed by atoms with van der Waals surface area (Å²) in [6.45, 7) is 0. The van der Waals surface area contributed by atoms with E-state index in [1.165, 1.54) is 4.90 Å². The van der Waals surface area contributed by atoms with E-state index in [9.17, 15) is 9.59 Å². The monoisotopic (exact) mass is 411 g/mol. The minimum atomic E-state index is -1.24. The van der Waals surface area contributed by atoms with Crippen LogP contribution in [-0.4, -0.2) is 16.8 Å². The fraction of sp³-hybridized carbons (Fsp3) is 0.0952. The zero-order valence-electron chi connectivity index (χ0n) is 14.6. The van der Waals surface area contributed by atoms with Crippen LogP contribution in [0.2, 0.25) is 10.0 Å². The molecule has 140 valence electrons. The first-order chi connectivity index (χ1) is 13.5. The number of carbonyl (C=O) groups is 2. The molecule has 1 fully saturated rings. The predicted molar refractivity (Wildman–Crippen MR) is 110 cm³/mol. The minimum Gasteiger partial charge on any atom is -0.324 e. The molecule has 0 saturated carbocycles. The van der Waals surface area contributed by atoms with Gasteiger partial charge >= 0.3 is 0 Å². The highest BCUT2D eigenvalue weighted by molar-refractivity contribution is 6.31. The van der Waals surface area contributed by atoms with Crippen LogP contribution in [0.4, 0.5) is 11.4 Å². The Morgan fingerprint density at radius 1 is 0.964 bits per heavy atom. The number of amides is 2. The average Bonchev–Trinajstić information content (AvgIpc) is 2.70. The molecule has 1 aliphatic heterocycles. The number of hydrogen-bond donors (Lipinski definition) is 1. The Balaban J connectivity index is 1.77. The van der Waals surface area contributed by atoms with Crippen molar-refractivity contribution in [1.29, 1.82) is 0 Å². The fourth-order valence-electron chi connectivity index (χ4n) is 3.33. The third kappa shape index (κ3) is 3.13. The van der Waals surface area contributed by atoms with Crippen LogP contribution >= 0.6 is 23.2 Å². The Morgan fingerprint density at radius 3 is 2.18 bits per heavy atom. The summed E-state index contributed by atoms with van der Waals surface area (Å²) in [6.07, 6.45) is 1.63. The molecule has 28 heavy (non-hydrogen) atoms. The topological polar surface area (TPSA) is 62.3 Å². The lowest BCUT2D eigenvalue weighted by Crippen LogP contribution is -2.67. The van der Waals surface area contributed by atoms with Gasteiger partial charge in [-0.25, -0.2) is 0 Å². The van der Waals surface area contributed by atoms with Crippen LogP contribution < -0.4 is 10.2 Å². The van der Waals surface area contributed by atoms with E-state index in [-0.39, 0.29) is 18.2 Å². The number of carbonyl (C=O) groups excluding carboxylic acids is 2. The second-order valence-corrected chi connectivity index (χ2v) is 7.29. The maximum Gasteiger partial charge on any atom is 0.257 e. The van der Waals surface area contributed by atoms with Crippen LogP contribution in [-0.2, 0) is 15.1 Å². The molecule has 2 heterocycles. The maximum atomic E-state index is 13.4. The van der Waals surface area contributed by atoms with Crippen molar-refractivity contribution in [2.75, 3.05) is 10.2 Å². The summed E-state index contributed by atoms with van der Waals surface area (Å²) < 4.78 is 0. The van der Waals surface area contributed by atoms with Gasteiger partial charge in [-0.1, -0.05) is 29.3 Å². The summed E-state index contributed by atoms with van der Waals surface area (Å²) in [7, 11) is 0. The van der Waals surface area contributed by atoms with Crippen molar-refractivity contribution in [3.63, 3.8) is 0 Å². The van der Waals surface area contributed by atoms with Gasteiger partial charge in [-0.15, -0.1) is 0 Å². The maximum absolute atomic E-state index is 13.4. The molecule has 0 aliphatic carbocycles. The van der Waals surface area contributed by atoms with Crippen molar-refractivity contribution >= 4 is 46.4 Å². The van der Waals surface area contributed by atoms with Crippen LogP contribution in [0.25, 0.3) is 0 Å². The summed E-state index contributed by atoms with van der Waals surface area (Å²) >= 11 is 11.9. The summed E-state index contributed by atoms with van der Waals surface area (Å²) in [5, 5.41) is 4.00. The molecule has 7 heteroatoms. The highest BCUT2D eigenvalue weighted by Crippen LogP contribution is 2.45. The van der Waals surface area contributed by atoms with Gasteiger partial charge in [0.2, 0.25) is 5.91 Å². The largest absolute Gasteiger partial charge is 0.324 e. The molecule has 1 aliphatic rings. The van der Waals surface area contributed by atoms with Gasteiger partial charge in [0.1, 0.15) is 0 Å². The SMILES string of the molecule is O=C1CC(C(=O)Nc2ccc(Cl)cc2)(c2ccccn2)N1c1ccc(Cl)cc1. The van der Waals surface area contributed by atoms with E-state index < -0.39 is 5.54 Å². The standard InChI is InChI=1S/C21H15Cl2N3O2/c22-14-4-8-16(9-5-14)25-20(28)21(18-3-1-2-12-24-18)13-19(27)26(21)17-10-6-15(23)7-11-17/h1-12H,13H2,(H,25,28). The first-order valence-corrected chi connectivity index (χ1v) is 9.33. The highest BCUT2D eigenvalue weighted by atomic mass is 35.5. The van der Waals surface area contributed by atoms with E-state index in [4.69, 9.17) is 23.2 Å². The molecule has 0 bridgehead atoms. The van der Waals surface area contributed by atoms with Crippen molar-refractivity contribution in [3.05, 3.63) is 88.7 Å². The van der Waals surface area contributed by atoms with E-state index in [0.717, 1.165) is 0 Å². The zero-order valence-corrected chi connectivity index (χ0v) is 16.1. The van der Waals surface area contributed by atoms with Gasteiger partial charge in [0.05, 0.1) is 12.1 Å². The predicted octanol–water partition coefficient (Wildman–Crippen LogP) is 4.66. The molecule has 0 spiro atoms. The lowest BCUT2D eigenvalue weighted by molar-refractivity contribution is -0.137. The number of nitrogens with one attached hydrogen (secondary N) is 1. The van der Waals surface area contributed by atoms with E-state index >= 15 is 0 Å². The van der Waals surface area contributed by atoms with Gasteiger partial charge in [-0.2, -0.15) is 0 Å². The van der Waals surface area contributed by atoms with Crippen molar-refractivity contribution < 1.29 is 9.59 Å². The lowest BCUT2D eigenvalue weighted by Gasteiger charge is -2.49. The fourth-order valence-corrected chi connectivity index (χ4v) is 3.58. The van der Waals surface area contributed by atoms with Crippen LogP contribution in [0.1, 0.15) is 12.1 Å². The van der Waals surface area contributed by atoms with Crippen molar-refractivity contribution in [2.45, 2.75) is 12.0 Å². The molecule has 1 unspecified atom stereocenters. The van der Waals surface area contributed by atoms with E-state index in [0.29, 0.717) is 27.1 Å². The Kier molecular flexibility index (Phi) is 4.79. The van der Waals surface area contributed by atoms with E-state index in [2.05, 4.69) is 10.3 Å². The number of pyridine rings is 1. The van der Waals surface area contributed by atoms with Crippen molar-refractivity contribution in [2.24, 2.45) is 0 Å². The number of nitrogens with zero attached hydrogens (tertiary/aromatic N) is 2. The number of benzene rings is 2. The molecule has 5 nitrogen and oxygen atoms in total. The van der Waals surface area contributed by atoms with Gasteiger partial charge < -0.3 is 5.32 Å². The molecular formula is C21H15Cl2N3O2. The number of halogens is 2. The first-order valence-electron chi connectivity index (χ1n) is 8.58. The number of β-lactam (4-membered cyclic amide) rings is 1.